The van der Waals surface area contributed by atoms with Crippen LogP contribution in [0.5, 0.6) is 11.5 Å². The minimum atomic E-state index is -0.404. The number of carbonyl (C=O) groups excluding carboxylic acids is 1. The van der Waals surface area contributed by atoms with Crippen molar-refractivity contribution in [3.63, 3.8) is 0 Å². The van der Waals surface area contributed by atoms with Crippen LogP contribution in [0.2, 0.25) is 0 Å². The lowest BCUT2D eigenvalue weighted by molar-refractivity contribution is -0.117. The predicted molar refractivity (Wildman–Crippen MR) is 94.4 cm³/mol. The molecule has 1 aliphatic rings. The Bertz CT molecular complexity index is 662. The molecule has 134 valence electrons. The Morgan fingerprint density at radius 1 is 1.40 bits per heavy atom. The molecule has 1 heterocycles. The van der Waals surface area contributed by atoms with Gasteiger partial charge in [-0.1, -0.05) is 12.1 Å². The number of carbonyl (C=O) groups is 1. The van der Waals surface area contributed by atoms with E-state index in [9.17, 15) is 10.1 Å². The molecule has 0 aromatic heterocycles. The molecule has 1 aromatic carbocycles. The summed E-state index contributed by atoms with van der Waals surface area (Å²) in [5, 5.41) is 12.1. The molecule has 6 nitrogen and oxygen atoms in total. The fourth-order valence-corrected chi connectivity index (χ4v) is 2.32. The molecule has 1 aliphatic heterocycles. The number of hydrogen-bond acceptors (Lipinski definition) is 5. The van der Waals surface area contributed by atoms with E-state index in [1.54, 1.807) is 6.07 Å². The summed E-state index contributed by atoms with van der Waals surface area (Å²) in [6, 6.07) is 7.39. The molecule has 0 saturated carbocycles. The van der Waals surface area contributed by atoms with Gasteiger partial charge in [-0.05, 0) is 32.4 Å². The van der Waals surface area contributed by atoms with Crippen molar-refractivity contribution in [3.05, 3.63) is 29.3 Å². The number of rotatable bonds is 7. The van der Waals surface area contributed by atoms with Gasteiger partial charge < -0.3 is 19.5 Å². The normalized spacial score (nSPS) is 13.9. The zero-order chi connectivity index (χ0) is 18.1. The van der Waals surface area contributed by atoms with Crippen molar-refractivity contribution in [3.8, 4) is 17.6 Å². The lowest BCUT2D eigenvalue weighted by atomic mass is 10.1. The van der Waals surface area contributed by atoms with Gasteiger partial charge in [0.1, 0.15) is 11.6 Å². The first-order chi connectivity index (χ1) is 12.1. The maximum atomic E-state index is 12.2. The van der Waals surface area contributed by atoms with E-state index in [1.165, 1.54) is 6.08 Å². The van der Waals surface area contributed by atoms with E-state index in [-0.39, 0.29) is 11.7 Å². The molecule has 0 saturated heterocycles. The van der Waals surface area contributed by atoms with Crippen molar-refractivity contribution in [2.75, 3.05) is 26.4 Å². The third-order valence-corrected chi connectivity index (χ3v) is 3.52. The van der Waals surface area contributed by atoms with Gasteiger partial charge in [0.25, 0.3) is 5.91 Å². The third-order valence-electron chi connectivity index (χ3n) is 3.52. The molecule has 0 aliphatic carbocycles. The highest BCUT2D eigenvalue weighted by Gasteiger charge is 2.15. The summed E-state index contributed by atoms with van der Waals surface area (Å²) in [7, 11) is 0. The number of amides is 1. The second-order valence-corrected chi connectivity index (χ2v) is 5.92. The second kappa shape index (κ2) is 9.70. The van der Waals surface area contributed by atoms with Crippen LogP contribution in [0.25, 0.3) is 6.08 Å². The topological polar surface area (TPSA) is 80.6 Å². The number of ether oxygens (including phenoxy) is 3. The van der Waals surface area contributed by atoms with Gasteiger partial charge in [0.15, 0.2) is 11.5 Å². The molecule has 6 heteroatoms. The molecule has 0 fully saturated rings. The van der Waals surface area contributed by atoms with Crippen molar-refractivity contribution < 1.29 is 19.0 Å². The van der Waals surface area contributed by atoms with Crippen LogP contribution in [0.15, 0.2) is 23.8 Å². The van der Waals surface area contributed by atoms with Gasteiger partial charge in [0.05, 0.1) is 19.3 Å². The number of para-hydroxylation sites is 1. The van der Waals surface area contributed by atoms with Gasteiger partial charge >= 0.3 is 0 Å². The summed E-state index contributed by atoms with van der Waals surface area (Å²) < 4.78 is 16.8. The quantitative estimate of drug-likeness (QED) is 0.467. The number of hydrogen-bond donors (Lipinski definition) is 1. The summed E-state index contributed by atoms with van der Waals surface area (Å²) >= 11 is 0. The fourth-order valence-electron chi connectivity index (χ4n) is 2.32. The zero-order valence-electron chi connectivity index (χ0n) is 14.7. The number of nitrogens with one attached hydrogen (secondary N) is 1. The molecule has 0 spiro atoms. The van der Waals surface area contributed by atoms with E-state index >= 15 is 0 Å². The van der Waals surface area contributed by atoms with Gasteiger partial charge in [-0.3, -0.25) is 4.79 Å². The van der Waals surface area contributed by atoms with E-state index in [2.05, 4.69) is 5.32 Å². The van der Waals surface area contributed by atoms with Gasteiger partial charge in [0, 0.05) is 25.1 Å². The van der Waals surface area contributed by atoms with Gasteiger partial charge in [0.2, 0.25) is 0 Å². The monoisotopic (exact) mass is 344 g/mol. The van der Waals surface area contributed by atoms with Crippen molar-refractivity contribution in [1.82, 2.24) is 5.32 Å². The lowest BCUT2D eigenvalue weighted by Crippen LogP contribution is -2.26. The summed E-state index contributed by atoms with van der Waals surface area (Å²) in [6.45, 7) is 6.08. The minimum absolute atomic E-state index is 0.0334. The summed E-state index contributed by atoms with van der Waals surface area (Å²) in [6.07, 6.45) is 3.19. The Morgan fingerprint density at radius 3 is 2.96 bits per heavy atom. The van der Waals surface area contributed by atoms with Gasteiger partial charge in [-0.2, -0.15) is 5.26 Å². The molecule has 1 N–H and O–H groups in total. The summed E-state index contributed by atoms with van der Waals surface area (Å²) in [5.41, 5.74) is 0.695. The van der Waals surface area contributed by atoms with Crippen LogP contribution in [0.4, 0.5) is 0 Å². The molecule has 25 heavy (non-hydrogen) atoms. The zero-order valence-corrected chi connectivity index (χ0v) is 14.7. The Hall–Kier alpha value is -2.52. The van der Waals surface area contributed by atoms with Crippen LogP contribution in [0.1, 0.15) is 32.3 Å². The largest absolute Gasteiger partial charge is 0.490 e. The molecule has 0 radical (unpaired) electrons. The van der Waals surface area contributed by atoms with E-state index < -0.39 is 5.91 Å². The maximum absolute atomic E-state index is 12.2. The molecule has 0 atom stereocenters. The first-order valence-electron chi connectivity index (χ1n) is 8.52. The molecular formula is C19H24N2O4. The Labute approximate surface area is 148 Å². The van der Waals surface area contributed by atoms with Crippen molar-refractivity contribution in [2.24, 2.45) is 0 Å². The number of nitriles is 1. The van der Waals surface area contributed by atoms with Crippen LogP contribution >= 0.6 is 0 Å². The van der Waals surface area contributed by atoms with E-state index in [0.717, 1.165) is 6.42 Å². The molecule has 2 rings (SSSR count). The van der Waals surface area contributed by atoms with Crippen LogP contribution in [0.3, 0.4) is 0 Å². The average molecular weight is 344 g/mol. The van der Waals surface area contributed by atoms with Crippen molar-refractivity contribution >= 4 is 12.0 Å². The standard InChI is InChI=1S/C19H24N2O4/c1-14(2)23-9-4-8-21-19(22)16(13-20)12-15-6-3-7-17-18(15)25-11-5-10-24-17/h3,6-7,12,14H,4-5,8-11H2,1-2H3,(H,21,22)/b16-12-. The Balaban J connectivity index is 2.02. The molecule has 0 unspecified atom stereocenters. The Morgan fingerprint density at radius 2 is 2.20 bits per heavy atom. The second-order valence-electron chi connectivity index (χ2n) is 5.92. The molecule has 1 amide bonds. The van der Waals surface area contributed by atoms with Crippen LogP contribution in [-0.4, -0.2) is 38.4 Å². The van der Waals surface area contributed by atoms with E-state index in [4.69, 9.17) is 14.2 Å². The maximum Gasteiger partial charge on any atom is 0.261 e. The molecular weight excluding hydrogens is 320 g/mol. The van der Waals surface area contributed by atoms with E-state index in [0.29, 0.717) is 49.8 Å². The van der Waals surface area contributed by atoms with Crippen LogP contribution in [0, 0.1) is 11.3 Å². The fraction of sp³-hybridized carbons (Fsp3) is 0.474. The van der Waals surface area contributed by atoms with Crippen LogP contribution < -0.4 is 14.8 Å². The SMILES string of the molecule is CC(C)OCCCNC(=O)/C(C#N)=C\c1cccc2c1OCCCO2. The highest BCUT2D eigenvalue weighted by Crippen LogP contribution is 2.34. The van der Waals surface area contributed by atoms with Gasteiger partial charge in [-0.15, -0.1) is 0 Å². The van der Waals surface area contributed by atoms with E-state index in [1.807, 2.05) is 32.0 Å². The first kappa shape index (κ1) is 18.8. The first-order valence-corrected chi connectivity index (χ1v) is 8.52. The molecule has 1 aromatic rings. The number of benzene rings is 1. The average Bonchev–Trinajstić information content (AvgIpc) is 2.84. The van der Waals surface area contributed by atoms with Crippen molar-refractivity contribution in [2.45, 2.75) is 32.8 Å². The third kappa shape index (κ3) is 5.80. The van der Waals surface area contributed by atoms with Crippen LogP contribution in [-0.2, 0) is 9.53 Å². The predicted octanol–water partition coefficient (Wildman–Crippen LogP) is 2.69. The highest BCUT2D eigenvalue weighted by molar-refractivity contribution is 6.02. The highest BCUT2D eigenvalue weighted by atomic mass is 16.5. The minimum Gasteiger partial charge on any atom is -0.490 e. The molecule has 0 bridgehead atoms. The lowest BCUT2D eigenvalue weighted by Gasteiger charge is -2.10. The summed E-state index contributed by atoms with van der Waals surface area (Å²) in [4.78, 5) is 12.2. The Kier molecular flexibility index (Phi) is 7.30. The summed E-state index contributed by atoms with van der Waals surface area (Å²) in [5.74, 6) is 0.805. The van der Waals surface area contributed by atoms with Crippen molar-refractivity contribution in [1.29, 1.82) is 5.26 Å². The number of fused-ring (bicyclic) bond motifs is 1. The number of nitrogens with zero attached hydrogens (tertiary/aromatic N) is 1. The van der Waals surface area contributed by atoms with Gasteiger partial charge in [-0.25, -0.2) is 0 Å². The smallest absolute Gasteiger partial charge is 0.261 e.